The van der Waals surface area contributed by atoms with Crippen LogP contribution in [0.1, 0.15) is 11.1 Å². The summed E-state index contributed by atoms with van der Waals surface area (Å²) >= 11 is 0. The van der Waals surface area contributed by atoms with E-state index in [4.69, 9.17) is 0 Å². The molecule has 0 aliphatic heterocycles. The van der Waals surface area contributed by atoms with Gasteiger partial charge in [0.25, 0.3) is 5.69 Å². The van der Waals surface area contributed by atoms with Crippen molar-refractivity contribution in [1.29, 1.82) is 0 Å². The summed E-state index contributed by atoms with van der Waals surface area (Å²) < 4.78 is 67.2. The molecular weight excluding hydrogens is 361 g/mol. The molecule has 26 heavy (non-hydrogen) atoms. The van der Waals surface area contributed by atoms with E-state index in [2.05, 4.69) is 0 Å². The van der Waals surface area contributed by atoms with Crippen LogP contribution in [0.3, 0.4) is 0 Å². The van der Waals surface area contributed by atoms with E-state index in [1.165, 1.54) is 24.3 Å². The fraction of sp³-hybridized carbons (Fsp3) is 0.176. The monoisotopic (exact) mass is 373 g/mol. The molecule has 9 heteroatoms. The molecule has 4 nitrogen and oxygen atoms in total. The minimum Gasteiger partial charge on any atom is -0.374 e. The summed E-state index contributed by atoms with van der Waals surface area (Å²) in [6, 6.07) is 10.9. The van der Waals surface area contributed by atoms with Crippen LogP contribution in [0.2, 0.25) is 0 Å². The van der Waals surface area contributed by atoms with Crippen molar-refractivity contribution in [3.63, 3.8) is 0 Å². The molecule has 1 atom stereocenters. The van der Waals surface area contributed by atoms with E-state index >= 15 is 0 Å². The predicted octanol–water partition coefficient (Wildman–Crippen LogP) is 4.69. The van der Waals surface area contributed by atoms with E-state index in [-0.39, 0.29) is 11.6 Å². The molecule has 2 aromatic rings. The first-order chi connectivity index (χ1) is 12.0. The first kappa shape index (κ1) is 19.5. The third kappa shape index (κ3) is 3.43. The summed E-state index contributed by atoms with van der Waals surface area (Å²) in [6.07, 6.45) is -5.08. The second-order valence-electron chi connectivity index (χ2n) is 5.36. The Hall–Kier alpha value is -2.81. The molecule has 0 saturated carbocycles. The van der Waals surface area contributed by atoms with Gasteiger partial charge in [-0.25, -0.2) is 0 Å². The van der Waals surface area contributed by atoms with Crippen molar-refractivity contribution in [2.45, 2.75) is 17.7 Å². The van der Waals surface area contributed by atoms with Crippen molar-refractivity contribution in [2.75, 3.05) is 0 Å². The summed E-state index contributed by atoms with van der Waals surface area (Å²) in [5.41, 5.74) is -5.98. The number of nitro groups is 1. The second-order valence-corrected chi connectivity index (χ2v) is 5.36. The zero-order valence-corrected chi connectivity index (χ0v) is 13.0. The highest BCUT2D eigenvalue weighted by atomic mass is 19.4. The van der Waals surface area contributed by atoms with E-state index in [0.29, 0.717) is 6.07 Å². The van der Waals surface area contributed by atoms with Crippen molar-refractivity contribution in [3.8, 4) is 0 Å². The molecule has 0 fully saturated rings. The molecule has 0 aliphatic rings. The fourth-order valence-corrected chi connectivity index (χ4v) is 2.32. The average molecular weight is 373 g/mol. The SMILES string of the molecule is O=[N+]([O-])c1ccccc1C(O)(/C=C/c1ccccc1)C(F)(F)C(F)(F)F. The number of hydrogen-bond acceptors (Lipinski definition) is 3. The summed E-state index contributed by atoms with van der Waals surface area (Å²) in [7, 11) is 0. The van der Waals surface area contributed by atoms with Gasteiger partial charge in [-0.05, 0) is 17.7 Å². The van der Waals surface area contributed by atoms with Crippen molar-refractivity contribution in [2.24, 2.45) is 0 Å². The van der Waals surface area contributed by atoms with Crippen molar-refractivity contribution < 1.29 is 32.0 Å². The van der Waals surface area contributed by atoms with Crippen molar-refractivity contribution in [3.05, 3.63) is 81.9 Å². The lowest BCUT2D eigenvalue weighted by molar-refractivity contribution is -0.389. The van der Waals surface area contributed by atoms with Crippen molar-refractivity contribution in [1.82, 2.24) is 0 Å². The number of nitrogens with zero attached hydrogens (tertiary/aromatic N) is 1. The first-order valence-corrected chi connectivity index (χ1v) is 7.16. The number of rotatable bonds is 5. The Morgan fingerprint density at radius 2 is 1.46 bits per heavy atom. The Labute approximate surface area is 144 Å². The molecule has 1 unspecified atom stereocenters. The number of hydrogen-bond donors (Lipinski definition) is 1. The second kappa shape index (κ2) is 6.83. The molecule has 0 spiro atoms. The lowest BCUT2D eigenvalue weighted by Crippen LogP contribution is -2.54. The van der Waals surface area contributed by atoms with Crippen LogP contribution in [0.4, 0.5) is 27.6 Å². The third-order valence-electron chi connectivity index (χ3n) is 3.66. The van der Waals surface area contributed by atoms with Gasteiger partial charge in [0.1, 0.15) is 0 Å². The number of benzene rings is 2. The van der Waals surface area contributed by atoms with Crippen LogP contribution in [-0.4, -0.2) is 22.1 Å². The lowest BCUT2D eigenvalue weighted by Gasteiger charge is -2.34. The Bertz CT molecular complexity index is 821. The molecule has 2 aromatic carbocycles. The van der Waals surface area contributed by atoms with Gasteiger partial charge in [0.15, 0.2) is 5.60 Å². The molecule has 0 amide bonds. The van der Waals surface area contributed by atoms with Gasteiger partial charge in [0.2, 0.25) is 0 Å². The van der Waals surface area contributed by atoms with Gasteiger partial charge < -0.3 is 5.11 Å². The van der Waals surface area contributed by atoms with Gasteiger partial charge in [-0.1, -0.05) is 48.5 Å². The molecule has 0 saturated heterocycles. The van der Waals surface area contributed by atoms with Crippen LogP contribution < -0.4 is 0 Å². The van der Waals surface area contributed by atoms with E-state index in [0.717, 1.165) is 24.3 Å². The standard InChI is InChI=1S/C17H12F5NO3/c18-16(19,17(20,21)22)15(24,11-10-12-6-2-1-3-7-12)13-8-4-5-9-14(13)23(25)26/h1-11,24H/b11-10+. The largest absolute Gasteiger partial charge is 0.457 e. The fourth-order valence-electron chi connectivity index (χ4n) is 2.32. The number of nitro benzene ring substituents is 1. The van der Waals surface area contributed by atoms with Crippen LogP contribution in [-0.2, 0) is 5.60 Å². The lowest BCUT2D eigenvalue weighted by atomic mass is 9.84. The Kier molecular flexibility index (Phi) is 5.13. The van der Waals surface area contributed by atoms with Gasteiger partial charge in [0, 0.05) is 6.07 Å². The van der Waals surface area contributed by atoms with E-state index in [9.17, 15) is 37.2 Å². The van der Waals surface area contributed by atoms with E-state index < -0.39 is 33.9 Å². The number of aliphatic hydroxyl groups is 1. The molecule has 138 valence electrons. The molecule has 0 radical (unpaired) electrons. The highest BCUT2D eigenvalue weighted by molar-refractivity contribution is 5.55. The predicted molar refractivity (Wildman–Crippen MR) is 83.5 cm³/mol. The first-order valence-electron chi connectivity index (χ1n) is 7.16. The molecule has 0 heterocycles. The maximum absolute atomic E-state index is 14.2. The zero-order chi connectivity index (χ0) is 19.6. The van der Waals surface area contributed by atoms with Crippen molar-refractivity contribution >= 4 is 11.8 Å². The Morgan fingerprint density at radius 3 is 2.00 bits per heavy atom. The molecule has 0 aromatic heterocycles. The van der Waals surface area contributed by atoms with E-state index in [1.54, 1.807) is 6.07 Å². The molecule has 2 rings (SSSR count). The van der Waals surface area contributed by atoms with Crippen LogP contribution >= 0.6 is 0 Å². The quantitative estimate of drug-likeness (QED) is 0.470. The number of halogens is 5. The van der Waals surface area contributed by atoms with Gasteiger partial charge in [-0.3, -0.25) is 10.1 Å². The smallest absolute Gasteiger partial charge is 0.374 e. The van der Waals surface area contributed by atoms with E-state index in [1.807, 2.05) is 0 Å². The van der Waals surface area contributed by atoms with Gasteiger partial charge in [0.05, 0.1) is 10.5 Å². The third-order valence-corrected chi connectivity index (χ3v) is 3.66. The van der Waals surface area contributed by atoms with Crippen LogP contribution in [0.25, 0.3) is 6.08 Å². The van der Waals surface area contributed by atoms with Gasteiger partial charge in [-0.15, -0.1) is 0 Å². The minimum atomic E-state index is -6.15. The molecule has 0 bridgehead atoms. The average Bonchev–Trinajstić information content (AvgIpc) is 2.59. The maximum Gasteiger partial charge on any atom is 0.457 e. The topological polar surface area (TPSA) is 63.4 Å². The summed E-state index contributed by atoms with van der Waals surface area (Å²) in [5, 5.41) is 21.4. The van der Waals surface area contributed by atoms with Gasteiger partial charge >= 0.3 is 12.1 Å². The molecule has 0 aliphatic carbocycles. The van der Waals surface area contributed by atoms with Crippen LogP contribution in [0.15, 0.2) is 60.7 Å². The highest BCUT2D eigenvalue weighted by Crippen LogP contribution is 2.51. The summed E-state index contributed by atoms with van der Waals surface area (Å²) in [6.45, 7) is 0. The van der Waals surface area contributed by atoms with Gasteiger partial charge in [-0.2, -0.15) is 22.0 Å². The summed E-state index contributed by atoms with van der Waals surface area (Å²) in [5.74, 6) is -5.68. The number of alkyl halides is 5. The summed E-state index contributed by atoms with van der Waals surface area (Å²) in [4.78, 5) is 9.93. The highest BCUT2D eigenvalue weighted by Gasteiger charge is 2.70. The Morgan fingerprint density at radius 1 is 0.923 bits per heavy atom. The zero-order valence-electron chi connectivity index (χ0n) is 13.0. The minimum absolute atomic E-state index is 0.220. The Balaban J connectivity index is 2.72. The number of para-hydroxylation sites is 1. The van der Waals surface area contributed by atoms with Crippen LogP contribution in [0, 0.1) is 10.1 Å². The maximum atomic E-state index is 14.2. The van der Waals surface area contributed by atoms with Crippen LogP contribution in [0.5, 0.6) is 0 Å². The molecule has 1 N–H and O–H groups in total. The normalized spacial score (nSPS) is 15.0. The molecular formula is C17H12F5NO3.